The number of amides is 2. The lowest BCUT2D eigenvalue weighted by Crippen LogP contribution is -2.29. The van der Waals surface area contributed by atoms with Gasteiger partial charge in [-0.05, 0) is 36.8 Å². The lowest BCUT2D eigenvalue weighted by Gasteiger charge is -2.09. The molecule has 3 rings (SSSR count). The number of para-hydroxylation sites is 1. The molecular formula is C19H18BrN3O2S2. The summed E-state index contributed by atoms with van der Waals surface area (Å²) in [6.07, 6.45) is 0.226. The van der Waals surface area contributed by atoms with Crippen LogP contribution in [0.4, 0.5) is 5.69 Å². The summed E-state index contributed by atoms with van der Waals surface area (Å²) in [6.45, 7) is 2.24. The first kappa shape index (κ1) is 19.9. The van der Waals surface area contributed by atoms with E-state index in [1.54, 1.807) is 11.3 Å². The van der Waals surface area contributed by atoms with Gasteiger partial charge in [0.25, 0.3) is 0 Å². The van der Waals surface area contributed by atoms with Crippen molar-refractivity contribution < 1.29 is 9.59 Å². The van der Waals surface area contributed by atoms with Gasteiger partial charge < -0.3 is 10.6 Å². The van der Waals surface area contributed by atoms with Gasteiger partial charge in [0.2, 0.25) is 11.8 Å². The second-order valence-electron chi connectivity index (χ2n) is 5.84. The normalized spacial score (nSPS) is 10.7. The molecular weight excluding hydrogens is 446 g/mol. The minimum atomic E-state index is -0.129. The Balaban J connectivity index is 1.40. The second kappa shape index (κ2) is 9.34. The van der Waals surface area contributed by atoms with E-state index in [1.165, 1.54) is 11.8 Å². The molecule has 0 bridgehead atoms. The Morgan fingerprint density at radius 2 is 2.00 bits per heavy atom. The fraction of sp³-hybridized carbons (Fsp3) is 0.211. The van der Waals surface area contributed by atoms with Crippen LogP contribution in [0.1, 0.15) is 12.0 Å². The number of hydrogen-bond acceptors (Lipinski definition) is 5. The zero-order valence-electron chi connectivity index (χ0n) is 14.6. The molecule has 0 fully saturated rings. The molecule has 2 aromatic carbocycles. The third-order valence-corrected chi connectivity index (χ3v) is 6.42. The highest BCUT2D eigenvalue weighted by Crippen LogP contribution is 2.29. The summed E-state index contributed by atoms with van der Waals surface area (Å²) in [5.74, 6) is 0.0487. The minimum absolute atomic E-state index is 0.106. The summed E-state index contributed by atoms with van der Waals surface area (Å²) in [5, 5.41) is 5.64. The van der Waals surface area contributed by atoms with Crippen molar-refractivity contribution >= 4 is 66.7 Å². The Bertz CT molecular complexity index is 941. The smallest absolute Gasteiger partial charge is 0.230 e. The van der Waals surface area contributed by atoms with Crippen LogP contribution in [0.3, 0.4) is 0 Å². The number of carbonyl (C=O) groups excluding carboxylic acids is 2. The van der Waals surface area contributed by atoms with Gasteiger partial charge >= 0.3 is 0 Å². The molecule has 0 saturated carbocycles. The number of nitrogens with zero attached hydrogens (tertiary/aromatic N) is 1. The number of thiazole rings is 1. The molecule has 0 aliphatic heterocycles. The van der Waals surface area contributed by atoms with Crippen molar-refractivity contribution in [1.29, 1.82) is 0 Å². The van der Waals surface area contributed by atoms with E-state index >= 15 is 0 Å². The molecule has 0 saturated heterocycles. The first-order valence-electron chi connectivity index (χ1n) is 8.32. The van der Waals surface area contributed by atoms with E-state index in [-0.39, 0.29) is 24.0 Å². The van der Waals surface area contributed by atoms with Crippen molar-refractivity contribution in [2.45, 2.75) is 17.7 Å². The van der Waals surface area contributed by atoms with Crippen LogP contribution < -0.4 is 10.6 Å². The summed E-state index contributed by atoms with van der Waals surface area (Å²) in [5.41, 5.74) is 2.71. The number of hydrogen-bond donors (Lipinski definition) is 2. The summed E-state index contributed by atoms with van der Waals surface area (Å²) >= 11 is 6.38. The molecule has 27 heavy (non-hydrogen) atoms. The maximum absolute atomic E-state index is 12.0. The predicted octanol–water partition coefficient (Wildman–Crippen LogP) is 4.60. The number of anilines is 1. The quantitative estimate of drug-likeness (QED) is 0.502. The van der Waals surface area contributed by atoms with Crippen molar-refractivity contribution in [1.82, 2.24) is 10.3 Å². The number of rotatable bonds is 7. The number of halogens is 1. The maximum Gasteiger partial charge on any atom is 0.230 e. The highest BCUT2D eigenvalue weighted by atomic mass is 79.9. The van der Waals surface area contributed by atoms with Gasteiger partial charge in [0.15, 0.2) is 4.34 Å². The predicted molar refractivity (Wildman–Crippen MR) is 115 cm³/mol. The van der Waals surface area contributed by atoms with Crippen molar-refractivity contribution in [2.24, 2.45) is 0 Å². The first-order chi connectivity index (χ1) is 13.0. The zero-order chi connectivity index (χ0) is 19.2. The van der Waals surface area contributed by atoms with E-state index in [9.17, 15) is 9.59 Å². The van der Waals surface area contributed by atoms with Crippen molar-refractivity contribution in [2.75, 3.05) is 17.6 Å². The monoisotopic (exact) mass is 463 g/mol. The Morgan fingerprint density at radius 3 is 2.81 bits per heavy atom. The van der Waals surface area contributed by atoms with Gasteiger partial charge in [0.05, 0.1) is 16.0 Å². The van der Waals surface area contributed by atoms with Crippen LogP contribution in [0, 0.1) is 6.92 Å². The van der Waals surface area contributed by atoms with E-state index in [1.807, 2.05) is 49.4 Å². The van der Waals surface area contributed by atoms with E-state index in [2.05, 4.69) is 31.5 Å². The number of nitrogens with one attached hydrogen (secondary N) is 2. The molecule has 0 aliphatic carbocycles. The summed E-state index contributed by atoms with van der Waals surface area (Å²) in [4.78, 5) is 28.5. The molecule has 0 spiro atoms. The molecule has 0 atom stereocenters. The standard InChI is InChI=1S/C19H18BrN3O2S2/c1-12-6-7-13(20)10-15(12)22-17(24)8-9-21-18(25)11-26-19-23-14-4-2-3-5-16(14)27-19/h2-7,10H,8-9,11H2,1H3,(H,21,25)(H,22,24). The highest BCUT2D eigenvalue weighted by molar-refractivity contribution is 9.10. The van der Waals surface area contributed by atoms with Crippen LogP contribution in [-0.4, -0.2) is 29.1 Å². The topological polar surface area (TPSA) is 71.1 Å². The average Bonchev–Trinajstić information content (AvgIpc) is 3.06. The second-order valence-corrected chi connectivity index (χ2v) is 9.01. The number of aryl methyl sites for hydroxylation is 1. The fourth-order valence-corrected chi connectivity index (χ4v) is 4.61. The number of benzene rings is 2. The van der Waals surface area contributed by atoms with Gasteiger partial charge in [-0.25, -0.2) is 4.98 Å². The Hall–Kier alpha value is -1.90. The van der Waals surface area contributed by atoms with Crippen molar-refractivity contribution in [3.8, 4) is 0 Å². The van der Waals surface area contributed by atoms with Crippen LogP contribution in [0.25, 0.3) is 10.2 Å². The van der Waals surface area contributed by atoms with Gasteiger partial charge in [-0.15, -0.1) is 11.3 Å². The van der Waals surface area contributed by atoms with Crippen molar-refractivity contribution in [3.63, 3.8) is 0 Å². The SMILES string of the molecule is Cc1ccc(Br)cc1NC(=O)CCNC(=O)CSc1nc2ccccc2s1. The maximum atomic E-state index is 12.0. The van der Waals surface area contributed by atoms with Crippen LogP contribution in [0.5, 0.6) is 0 Å². The molecule has 1 aromatic heterocycles. The fourth-order valence-electron chi connectivity index (χ4n) is 2.35. The molecule has 0 radical (unpaired) electrons. The molecule has 1 heterocycles. The molecule has 3 aromatic rings. The van der Waals surface area contributed by atoms with E-state index in [4.69, 9.17) is 0 Å². The van der Waals surface area contributed by atoms with Crippen LogP contribution >= 0.6 is 39.0 Å². The lowest BCUT2D eigenvalue weighted by atomic mass is 10.2. The summed E-state index contributed by atoms with van der Waals surface area (Å²) in [6, 6.07) is 13.6. The zero-order valence-corrected chi connectivity index (χ0v) is 17.8. The van der Waals surface area contributed by atoms with Gasteiger partial charge in [0, 0.05) is 23.1 Å². The Morgan fingerprint density at radius 1 is 1.19 bits per heavy atom. The highest BCUT2D eigenvalue weighted by Gasteiger charge is 2.09. The van der Waals surface area contributed by atoms with Crippen LogP contribution in [-0.2, 0) is 9.59 Å². The molecule has 5 nitrogen and oxygen atoms in total. The molecule has 0 unspecified atom stereocenters. The van der Waals surface area contributed by atoms with Crippen LogP contribution in [0.2, 0.25) is 0 Å². The number of thioether (sulfide) groups is 1. The van der Waals surface area contributed by atoms with Gasteiger partial charge in [-0.1, -0.05) is 45.9 Å². The summed E-state index contributed by atoms with van der Waals surface area (Å²) < 4.78 is 2.89. The van der Waals surface area contributed by atoms with Crippen molar-refractivity contribution in [3.05, 3.63) is 52.5 Å². The van der Waals surface area contributed by atoms with E-state index < -0.39 is 0 Å². The molecule has 140 valence electrons. The first-order valence-corrected chi connectivity index (χ1v) is 10.9. The number of aromatic nitrogens is 1. The molecule has 0 aliphatic rings. The van der Waals surface area contributed by atoms with Crippen LogP contribution in [0.15, 0.2) is 51.3 Å². The minimum Gasteiger partial charge on any atom is -0.355 e. The van der Waals surface area contributed by atoms with Gasteiger partial charge in [0.1, 0.15) is 0 Å². The largest absolute Gasteiger partial charge is 0.355 e. The third-order valence-electron chi connectivity index (χ3n) is 3.75. The van der Waals surface area contributed by atoms with Gasteiger partial charge in [-0.3, -0.25) is 9.59 Å². The molecule has 8 heteroatoms. The Labute approximate surface area is 174 Å². The molecule has 2 N–H and O–H groups in total. The lowest BCUT2D eigenvalue weighted by molar-refractivity contribution is -0.119. The number of fused-ring (bicyclic) bond motifs is 1. The van der Waals surface area contributed by atoms with Gasteiger partial charge in [-0.2, -0.15) is 0 Å². The number of carbonyl (C=O) groups is 2. The third kappa shape index (κ3) is 5.79. The summed E-state index contributed by atoms with van der Waals surface area (Å²) in [7, 11) is 0. The van der Waals surface area contributed by atoms with E-state index in [0.717, 1.165) is 30.3 Å². The average molecular weight is 464 g/mol. The molecule has 2 amide bonds. The van der Waals surface area contributed by atoms with E-state index in [0.29, 0.717) is 6.54 Å². The Kier molecular flexibility index (Phi) is 6.87.